The Labute approximate surface area is 158 Å². The Bertz CT molecular complexity index is 1000. The number of nitrogens with one attached hydrogen (secondary N) is 1. The van der Waals surface area contributed by atoms with Gasteiger partial charge in [0.15, 0.2) is 0 Å². The zero-order chi connectivity index (χ0) is 19.0. The maximum absolute atomic E-state index is 11.4. The highest BCUT2D eigenvalue weighted by atomic mass is 16.5. The van der Waals surface area contributed by atoms with Gasteiger partial charge in [0.2, 0.25) is 5.91 Å². The Morgan fingerprint density at radius 1 is 1.41 bits per heavy atom. The minimum atomic E-state index is -0.134. The average molecular weight is 364 g/mol. The molecule has 1 saturated heterocycles. The summed E-state index contributed by atoms with van der Waals surface area (Å²) in [5.41, 5.74) is 4.06. The third-order valence-corrected chi connectivity index (χ3v) is 5.53. The second-order valence-electron chi connectivity index (χ2n) is 7.27. The predicted molar refractivity (Wildman–Crippen MR) is 106 cm³/mol. The maximum Gasteiger partial charge on any atom is 0.222 e. The van der Waals surface area contributed by atoms with Crippen molar-refractivity contribution in [3.05, 3.63) is 42.4 Å². The second kappa shape index (κ2) is 6.78. The van der Waals surface area contributed by atoms with Crippen molar-refractivity contribution in [1.29, 1.82) is 0 Å². The van der Waals surface area contributed by atoms with Crippen molar-refractivity contribution in [3.63, 3.8) is 0 Å². The molecule has 1 atom stereocenters. The number of anilines is 1. The minimum Gasteiger partial charge on any atom is -0.380 e. The van der Waals surface area contributed by atoms with E-state index >= 15 is 0 Å². The zero-order valence-electron chi connectivity index (χ0n) is 16.0. The van der Waals surface area contributed by atoms with Crippen molar-refractivity contribution in [1.82, 2.24) is 14.5 Å². The molecule has 3 aromatic rings. The van der Waals surface area contributed by atoms with Gasteiger partial charge in [-0.1, -0.05) is 13.0 Å². The van der Waals surface area contributed by atoms with E-state index in [0.29, 0.717) is 5.82 Å². The van der Waals surface area contributed by atoms with Gasteiger partial charge < -0.3 is 14.6 Å². The van der Waals surface area contributed by atoms with E-state index in [4.69, 9.17) is 9.72 Å². The van der Waals surface area contributed by atoms with Gasteiger partial charge in [-0.25, -0.2) is 4.98 Å². The predicted octanol–water partition coefficient (Wildman–Crippen LogP) is 3.66. The lowest BCUT2D eigenvalue weighted by Gasteiger charge is -2.25. The summed E-state index contributed by atoms with van der Waals surface area (Å²) < 4.78 is 7.73. The van der Waals surface area contributed by atoms with E-state index in [2.05, 4.69) is 35.6 Å². The molecule has 1 amide bonds. The number of carbonyl (C=O) groups is 1. The number of aromatic nitrogens is 3. The van der Waals surface area contributed by atoms with E-state index in [-0.39, 0.29) is 11.3 Å². The Kier molecular flexibility index (Phi) is 4.44. The van der Waals surface area contributed by atoms with E-state index in [9.17, 15) is 4.79 Å². The maximum atomic E-state index is 11.4. The van der Waals surface area contributed by atoms with Crippen molar-refractivity contribution in [2.75, 3.05) is 18.5 Å². The molecule has 1 aliphatic heterocycles. The third-order valence-electron chi connectivity index (χ3n) is 5.53. The monoisotopic (exact) mass is 364 g/mol. The van der Waals surface area contributed by atoms with Gasteiger partial charge in [0.05, 0.1) is 24.0 Å². The molecule has 0 saturated carbocycles. The molecule has 0 aliphatic carbocycles. The molecule has 4 rings (SSSR count). The fourth-order valence-electron chi connectivity index (χ4n) is 3.88. The molecule has 0 radical (unpaired) electrons. The van der Waals surface area contributed by atoms with Crippen molar-refractivity contribution < 1.29 is 9.53 Å². The van der Waals surface area contributed by atoms with Gasteiger partial charge in [-0.15, -0.1) is 0 Å². The van der Waals surface area contributed by atoms with E-state index in [1.165, 1.54) is 6.92 Å². The quantitative estimate of drug-likeness (QED) is 0.767. The van der Waals surface area contributed by atoms with Crippen LogP contribution in [0.3, 0.4) is 0 Å². The normalized spacial score (nSPS) is 19.5. The van der Waals surface area contributed by atoms with Crippen LogP contribution in [0.1, 0.15) is 32.4 Å². The van der Waals surface area contributed by atoms with Crippen molar-refractivity contribution >= 4 is 22.6 Å². The summed E-state index contributed by atoms with van der Waals surface area (Å²) in [4.78, 5) is 20.7. The average Bonchev–Trinajstić information content (AvgIpc) is 3.27. The van der Waals surface area contributed by atoms with E-state index < -0.39 is 0 Å². The number of nitrogens with zero attached hydrogens (tertiary/aromatic N) is 3. The molecule has 0 unspecified atom stereocenters. The minimum absolute atomic E-state index is 0.00347. The summed E-state index contributed by atoms with van der Waals surface area (Å²) in [5, 5.41) is 3.78. The lowest BCUT2D eigenvalue weighted by molar-refractivity contribution is -0.114. The van der Waals surface area contributed by atoms with Gasteiger partial charge in [0.25, 0.3) is 0 Å². The largest absolute Gasteiger partial charge is 0.380 e. The molecule has 0 bridgehead atoms. The number of ether oxygens (including phenoxy) is 1. The van der Waals surface area contributed by atoms with Crippen molar-refractivity contribution in [3.8, 4) is 11.3 Å². The second-order valence-corrected chi connectivity index (χ2v) is 7.27. The number of rotatable bonds is 4. The topological polar surface area (TPSA) is 69.0 Å². The van der Waals surface area contributed by atoms with Crippen molar-refractivity contribution in [2.24, 2.45) is 7.05 Å². The molecular formula is C21H24N4O2. The van der Waals surface area contributed by atoms with Crippen LogP contribution in [-0.4, -0.2) is 33.7 Å². The Balaban J connectivity index is 1.82. The fraction of sp³-hybridized carbons (Fsp3) is 0.381. The summed E-state index contributed by atoms with van der Waals surface area (Å²) in [6.45, 7) is 5.20. The summed E-state index contributed by atoms with van der Waals surface area (Å²) in [6.07, 6.45) is 5.87. The number of pyridine rings is 2. The molecule has 6 nitrogen and oxygen atoms in total. The summed E-state index contributed by atoms with van der Waals surface area (Å²) in [6, 6.07) is 8.13. The molecule has 1 fully saturated rings. The van der Waals surface area contributed by atoms with Gasteiger partial charge in [0, 0.05) is 48.8 Å². The number of hydrogen-bond donors (Lipinski definition) is 1. The molecule has 140 valence electrons. The number of amides is 1. The van der Waals surface area contributed by atoms with Gasteiger partial charge in [-0.2, -0.15) is 0 Å². The molecule has 3 aromatic heterocycles. The van der Waals surface area contributed by atoms with Crippen LogP contribution in [0.2, 0.25) is 0 Å². The molecule has 0 aromatic carbocycles. The van der Waals surface area contributed by atoms with Crippen LogP contribution >= 0.6 is 0 Å². The first-order valence-electron chi connectivity index (χ1n) is 9.31. The van der Waals surface area contributed by atoms with Crippen LogP contribution in [0.25, 0.3) is 22.2 Å². The SMILES string of the molecule is CC[C@@]1(c2cccc(-c3cn(C)c4cnc(NC(C)=O)cc34)n2)CCOC1. The lowest BCUT2D eigenvalue weighted by Crippen LogP contribution is -2.26. The molecule has 0 spiro atoms. The van der Waals surface area contributed by atoms with E-state index in [0.717, 1.165) is 53.9 Å². The smallest absolute Gasteiger partial charge is 0.222 e. The molecule has 1 aliphatic rings. The Morgan fingerprint density at radius 3 is 2.96 bits per heavy atom. The van der Waals surface area contributed by atoms with Crippen LogP contribution in [0.5, 0.6) is 0 Å². The van der Waals surface area contributed by atoms with Crippen LogP contribution in [0.15, 0.2) is 36.7 Å². The molecule has 1 N–H and O–H groups in total. The third kappa shape index (κ3) is 3.10. The van der Waals surface area contributed by atoms with Gasteiger partial charge in [0.1, 0.15) is 5.82 Å². The highest BCUT2D eigenvalue weighted by molar-refractivity contribution is 5.98. The highest BCUT2D eigenvalue weighted by Crippen LogP contribution is 2.37. The van der Waals surface area contributed by atoms with Crippen LogP contribution in [-0.2, 0) is 22.0 Å². The first-order chi connectivity index (χ1) is 13.0. The van der Waals surface area contributed by atoms with E-state index in [1.54, 1.807) is 6.20 Å². The summed E-state index contributed by atoms with van der Waals surface area (Å²) in [5.74, 6) is 0.415. The van der Waals surface area contributed by atoms with Gasteiger partial charge in [-0.05, 0) is 31.0 Å². The first kappa shape index (κ1) is 17.7. The molecule has 4 heterocycles. The first-order valence-corrected chi connectivity index (χ1v) is 9.31. The number of fused-ring (bicyclic) bond motifs is 1. The standard InChI is InChI=1S/C21H24N4O2/c1-4-21(8-9-27-13-21)19-7-5-6-17(24-19)16-12-25(3)18-11-22-20(10-15(16)18)23-14(2)26/h5-7,10-12H,4,8-9,13H2,1-3H3,(H,22,23,26)/t21-/m1/s1. The lowest BCUT2D eigenvalue weighted by atomic mass is 9.80. The Morgan fingerprint density at radius 2 is 2.26 bits per heavy atom. The molecule has 27 heavy (non-hydrogen) atoms. The summed E-state index contributed by atoms with van der Waals surface area (Å²) in [7, 11) is 1.99. The van der Waals surface area contributed by atoms with Crippen LogP contribution in [0, 0.1) is 0 Å². The number of aryl methyl sites for hydroxylation is 1. The zero-order valence-corrected chi connectivity index (χ0v) is 16.0. The van der Waals surface area contributed by atoms with Gasteiger partial charge >= 0.3 is 0 Å². The summed E-state index contributed by atoms with van der Waals surface area (Å²) >= 11 is 0. The molecular weight excluding hydrogens is 340 g/mol. The van der Waals surface area contributed by atoms with Crippen LogP contribution in [0.4, 0.5) is 5.82 Å². The number of hydrogen-bond acceptors (Lipinski definition) is 4. The van der Waals surface area contributed by atoms with Crippen molar-refractivity contribution in [2.45, 2.75) is 32.1 Å². The number of carbonyl (C=O) groups excluding carboxylic acids is 1. The molecule has 6 heteroatoms. The van der Waals surface area contributed by atoms with E-state index in [1.807, 2.05) is 23.7 Å². The highest BCUT2D eigenvalue weighted by Gasteiger charge is 2.36. The van der Waals surface area contributed by atoms with Gasteiger partial charge in [-0.3, -0.25) is 9.78 Å². The fourth-order valence-corrected chi connectivity index (χ4v) is 3.88. The Hall–Kier alpha value is -2.73. The van der Waals surface area contributed by atoms with Crippen LogP contribution < -0.4 is 5.32 Å².